The molecule has 2 N–H and O–H groups in total. The Hall–Kier alpha value is -1.90. The SMILES string of the molecule is Cc1nc(C(=O)N[C@@H]2CC[C@H](C(F)(F)F)N(C)C2)c(=O)[nH]c1C. The van der Waals surface area contributed by atoms with Crippen LogP contribution in [0.15, 0.2) is 4.79 Å². The number of likely N-dealkylation sites (N-methyl/N-ethyl adjacent to an activating group) is 1. The smallest absolute Gasteiger partial charge is 0.346 e. The van der Waals surface area contributed by atoms with E-state index in [1.165, 1.54) is 11.9 Å². The van der Waals surface area contributed by atoms with E-state index < -0.39 is 29.7 Å². The molecule has 23 heavy (non-hydrogen) atoms. The van der Waals surface area contributed by atoms with Gasteiger partial charge in [0, 0.05) is 18.3 Å². The van der Waals surface area contributed by atoms with Crippen LogP contribution in [0.4, 0.5) is 13.2 Å². The number of amides is 1. The Bertz CT molecular complexity index is 656. The van der Waals surface area contributed by atoms with Crippen molar-refractivity contribution >= 4 is 5.91 Å². The first kappa shape index (κ1) is 17.5. The standard InChI is InChI=1S/C14H19F3N4O2/c1-7-8(2)19-12(22)11(18-7)13(23)20-9-4-5-10(14(15,16)17)21(3)6-9/h9-10H,4-6H2,1-3H3,(H,19,22)(H,20,23)/t9-,10-/m1/s1. The summed E-state index contributed by atoms with van der Waals surface area (Å²) in [6.07, 6.45) is -4.18. The molecule has 1 aliphatic rings. The van der Waals surface area contributed by atoms with Crippen molar-refractivity contribution in [2.45, 2.75) is 44.9 Å². The summed E-state index contributed by atoms with van der Waals surface area (Å²) >= 11 is 0. The number of H-pyrrole nitrogens is 1. The van der Waals surface area contributed by atoms with E-state index >= 15 is 0 Å². The van der Waals surface area contributed by atoms with Gasteiger partial charge in [-0.3, -0.25) is 14.5 Å². The molecule has 1 fully saturated rings. The van der Waals surface area contributed by atoms with Crippen LogP contribution in [-0.4, -0.2) is 52.6 Å². The number of alkyl halides is 3. The molecule has 0 bridgehead atoms. The van der Waals surface area contributed by atoms with Gasteiger partial charge in [0.05, 0.1) is 5.69 Å². The Labute approximate surface area is 131 Å². The number of carbonyl (C=O) groups excluding carboxylic acids is 1. The van der Waals surface area contributed by atoms with Gasteiger partial charge in [0.25, 0.3) is 11.5 Å². The van der Waals surface area contributed by atoms with Crippen LogP contribution >= 0.6 is 0 Å². The molecule has 128 valence electrons. The zero-order valence-electron chi connectivity index (χ0n) is 13.1. The minimum absolute atomic E-state index is 0.0681. The molecule has 1 aliphatic heterocycles. The lowest BCUT2D eigenvalue weighted by Crippen LogP contribution is -2.55. The Kier molecular flexibility index (Phi) is 4.79. The Morgan fingerprint density at radius 2 is 2.00 bits per heavy atom. The Morgan fingerprint density at radius 3 is 2.57 bits per heavy atom. The van der Waals surface area contributed by atoms with Gasteiger partial charge in [-0.1, -0.05) is 0 Å². The predicted molar refractivity (Wildman–Crippen MR) is 77.3 cm³/mol. The van der Waals surface area contributed by atoms with Crippen molar-refractivity contribution in [3.8, 4) is 0 Å². The monoisotopic (exact) mass is 332 g/mol. The molecular weight excluding hydrogens is 313 g/mol. The molecule has 1 saturated heterocycles. The van der Waals surface area contributed by atoms with Gasteiger partial charge in [0.15, 0.2) is 5.69 Å². The van der Waals surface area contributed by atoms with Crippen LogP contribution in [0, 0.1) is 13.8 Å². The number of likely N-dealkylation sites (tertiary alicyclic amines) is 1. The summed E-state index contributed by atoms with van der Waals surface area (Å²) in [5, 5.41) is 2.59. The number of nitrogens with zero attached hydrogens (tertiary/aromatic N) is 2. The van der Waals surface area contributed by atoms with Crippen molar-refractivity contribution in [2.75, 3.05) is 13.6 Å². The predicted octanol–water partition coefficient (Wildman–Crippen LogP) is 1.14. The molecule has 0 aromatic carbocycles. The summed E-state index contributed by atoms with van der Waals surface area (Å²) in [6.45, 7) is 3.39. The Morgan fingerprint density at radius 1 is 1.35 bits per heavy atom. The maximum atomic E-state index is 12.8. The fraction of sp³-hybridized carbons (Fsp3) is 0.643. The van der Waals surface area contributed by atoms with Crippen molar-refractivity contribution in [3.05, 3.63) is 27.4 Å². The first-order valence-electron chi connectivity index (χ1n) is 7.25. The molecule has 0 aliphatic carbocycles. The third-order valence-corrected chi connectivity index (χ3v) is 4.10. The van der Waals surface area contributed by atoms with Gasteiger partial charge in [-0.15, -0.1) is 0 Å². The minimum atomic E-state index is -4.28. The van der Waals surface area contributed by atoms with Gasteiger partial charge in [-0.2, -0.15) is 13.2 Å². The van der Waals surface area contributed by atoms with Gasteiger partial charge < -0.3 is 10.3 Å². The van der Waals surface area contributed by atoms with E-state index in [1.54, 1.807) is 13.8 Å². The van der Waals surface area contributed by atoms with E-state index in [9.17, 15) is 22.8 Å². The summed E-state index contributed by atoms with van der Waals surface area (Å²) in [5.41, 5.74) is 0.209. The summed E-state index contributed by atoms with van der Waals surface area (Å²) in [5.74, 6) is -0.668. The summed E-state index contributed by atoms with van der Waals surface area (Å²) < 4.78 is 38.4. The third-order valence-electron chi connectivity index (χ3n) is 4.10. The van der Waals surface area contributed by atoms with Gasteiger partial charge in [-0.05, 0) is 33.7 Å². The first-order valence-corrected chi connectivity index (χ1v) is 7.25. The molecule has 1 aromatic rings. The highest BCUT2D eigenvalue weighted by molar-refractivity contribution is 5.92. The van der Waals surface area contributed by atoms with E-state index in [4.69, 9.17) is 0 Å². The number of piperidine rings is 1. The number of aromatic amines is 1. The maximum absolute atomic E-state index is 12.8. The summed E-state index contributed by atoms with van der Waals surface area (Å²) in [4.78, 5) is 31.6. The second-order valence-electron chi connectivity index (χ2n) is 5.87. The highest BCUT2D eigenvalue weighted by atomic mass is 19.4. The molecule has 1 aromatic heterocycles. The molecule has 0 saturated carbocycles. The van der Waals surface area contributed by atoms with Crippen molar-refractivity contribution in [3.63, 3.8) is 0 Å². The van der Waals surface area contributed by atoms with Crippen molar-refractivity contribution in [1.29, 1.82) is 0 Å². The van der Waals surface area contributed by atoms with E-state index in [0.29, 0.717) is 11.4 Å². The zero-order chi connectivity index (χ0) is 17.4. The van der Waals surface area contributed by atoms with Gasteiger partial charge >= 0.3 is 6.18 Å². The minimum Gasteiger partial charge on any atom is -0.346 e. The zero-order valence-corrected chi connectivity index (χ0v) is 13.1. The summed E-state index contributed by atoms with van der Waals surface area (Å²) in [7, 11) is 1.37. The molecular formula is C14H19F3N4O2. The van der Waals surface area contributed by atoms with Gasteiger partial charge in [-0.25, -0.2) is 4.98 Å². The topological polar surface area (TPSA) is 78.1 Å². The normalized spacial score (nSPS) is 22.9. The number of aromatic nitrogens is 2. The van der Waals surface area contributed by atoms with E-state index in [2.05, 4.69) is 15.3 Å². The molecule has 2 rings (SSSR count). The van der Waals surface area contributed by atoms with Crippen molar-refractivity contribution in [1.82, 2.24) is 20.2 Å². The number of halogens is 3. The van der Waals surface area contributed by atoms with Crippen LogP contribution in [-0.2, 0) is 0 Å². The highest BCUT2D eigenvalue weighted by Gasteiger charge is 2.45. The number of nitrogens with one attached hydrogen (secondary N) is 2. The lowest BCUT2D eigenvalue weighted by atomic mass is 9.98. The average molecular weight is 332 g/mol. The van der Waals surface area contributed by atoms with E-state index in [0.717, 1.165) is 0 Å². The number of hydrogen-bond acceptors (Lipinski definition) is 4. The fourth-order valence-corrected chi connectivity index (χ4v) is 2.71. The number of aryl methyl sites for hydroxylation is 2. The second-order valence-corrected chi connectivity index (χ2v) is 5.87. The van der Waals surface area contributed by atoms with Crippen LogP contribution in [0.5, 0.6) is 0 Å². The average Bonchev–Trinajstić information content (AvgIpc) is 2.41. The fourth-order valence-electron chi connectivity index (χ4n) is 2.71. The largest absolute Gasteiger partial charge is 0.404 e. The number of hydrogen-bond donors (Lipinski definition) is 2. The summed E-state index contributed by atoms with van der Waals surface area (Å²) in [6, 6.07) is -1.95. The van der Waals surface area contributed by atoms with Crippen LogP contribution in [0.25, 0.3) is 0 Å². The van der Waals surface area contributed by atoms with E-state index in [-0.39, 0.29) is 25.1 Å². The molecule has 6 nitrogen and oxygen atoms in total. The quantitative estimate of drug-likeness (QED) is 0.851. The first-order chi connectivity index (χ1) is 10.6. The van der Waals surface area contributed by atoms with Crippen molar-refractivity contribution in [2.24, 2.45) is 0 Å². The molecule has 0 spiro atoms. The molecule has 9 heteroatoms. The highest BCUT2D eigenvalue weighted by Crippen LogP contribution is 2.30. The van der Waals surface area contributed by atoms with E-state index in [1.807, 2.05) is 0 Å². The van der Waals surface area contributed by atoms with Crippen LogP contribution in [0.2, 0.25) is 0 Å². The molecule has 2 heterocycles. The second kappa shape index (κ2) is 6.31. The molecule has 0 unspecified atom stereocenters. The van der Waals surface area contributed by atoms with Gasteiger partial charge in [0.1, 0.15) is 6.04 Å². The Balaban J connectivity index is 2.05. The third kappa shape index (κ3) is 3.90. The maximum Gasteiger partial charge on any atom is 0.404 e. The number of carbonyl (C=O) groups is 1. The van der Waals surface area contributed by atoms with Gasteiger partial charge in [0.2, 0.25) is 0 Å². The lowest BCUT2D eigenvalue weighted by Gasteiger charge is -2.38. The number of rotatable bonds is 2. The molecule has 2 atom stereocenters. The van der Waals surface area contributed by atoms with Crippen molar-refractivity contribution < 1.29 is 18.0 Å². The molecule has 0 radical (unpaired) electrons. The lowest BCUT2D eigenvalue weighted by molar-refractivity contribution is -0.188. The van der Waals surface area contributed by atoms with Crippen LogP contribution < -0.4 is 10.9 Å². The van der Waals surface area contributed by atoms with Crippen LogP contribution in [0.3, 0.4) is 0 Å². The van der Waals surface area contributed by atoms with Crippen LogP contribution in [0.1, 0.15) is 34.7 Å². The molecule has 1 amide bonds.